The molecule has 0 saturated heterocycles. The van der Waals surface area contributed by atoms with Crippen LogP contribution in [-0.4, -0.2) is 28.5 Å². The zero-order valence-electron chi connectivity index (χ0n) is 13.1. The number of pyridine rings is 1. The van der Waals surface area contributed by atoms with Crippen LogP contribution in [0.4, 0.5) is 0 Å². The van der Waals surface area contributed by atoms with Crippen LogP contribution in [0.5, 0.6) is 0 Å². The van der Waals surface area contributed by atoms with Crippen LogP contribution in [0.15, 0.2) is 18.5 Å². The van der Waals surface area contributed by atoms with Crippen LogP contribution in [-0.2, 0) is 6.54 Å². The molecular weight excluding hydrogens is 246 g/mol. The molecule has 2 rings (SSSR count). The Hall–Kier alpha value is -0.930. The summed E-state index contributed by atoms with van der Waals surface area (Å²) in [6, 6.07) is 2.25. The van der Waals surface area contributed by atoms with Gasteiger partial charge in [-0.05, 0) is 43.9 Å². The maximum atomic E-state index is 6.20. The van der Waals surface area contributed by atoms with Crippen LogP contribution >= 0.6 is 0 Å². The Balaban J connectivity index is 2.16. The van der Waals surface area contributed by atoms with Crippen molar-refractivity contribution in [2.75, 3.05) is 13.1 Å². The molecule has 1 aromatic rings. The third-order valence-corrected chi connectivity index (χ3v) is 4.63. The molecule has 1 saturated carbocycles. The van der Waals surface area contributed by atoms with E-state index in [1.54, 1.807) is 0 Å². The summed E-state index contributed by atoms with van der Waals surface area (Å²) in [5.41, 5.74) is 8.97. The van der Waals surface area contributed by atoms with Gasteiger partial charge in [-0.15, -0.1) is 0 Å². The molecule has 0 aromatic carbocycles. The first-order valence-electron chi connectivity index (χ1n) is 8.06. The van der Waals surface area contributed by atoms with E-state index in [4.69, 9.17) is 5.73 Å². The first kappa shape index (κ1) is 15.5. The minimum absolute atomic E-state index is 0.220. The minimum atomic E-state index is 0.220. The quantitative estimate of drug-likeness (QED) is 0.866. The van der Waals surface area contributed by atoms with Gasteiger partial charge in [0.15, 0.2) is 0 Å². The highest BCUT2D eigenvalue weighted by Gasteiger charge is 2.36. The zero-order valence-corrected chi connectivity index (χ0v) is 13.1. The fraction of sp³-hybridized carbons (Fsp3) is 0.706. The highest BCUT2D eigenvalue weighted by atomic mass is 15.2. The largest absolute Gasteiger partial charge is 0.329 e. The number of aromatic nitrogens is 1. The molecule has 0 aliphatic heterocycles. The molecule has 1 heterocycles. The minimum Gasteiger partial charge on any atom is -0.329 e. The number of aryl methyl sites for hydroxylation is 1. The van der Waals surface area contributed by atoms with Crippen molar-refractivity contribution >= 4 is 0 Å². The predicted octanol–water partition coefficient (Wildman–Crippen LogP) is 3.26. The lowest BCUT2D eigenvalue weighted by molar-refractivity contribution is 0.0494. The molecule has 2 N–H and O–H groups in total. The summed E-state index contributed by atoms with van der Waals surface area (Å²) in [5, 5.41) is 0. The van der Waals surface area contributed by atoms with Crippen molar-refractivity contribution in [2.45, 2.75) is 64.5 Å². The van der Waals surface area contributed by atoms with Crippen LogP contribution in [0, 0.1) is 6.92 Å². The van der Waals surface area contributed by atoms with Crippen molar-refractivity contribution in [3.63, 3.8) is 0 Å². The van der Waals surface area contributed by atoms with Gasteiger partial charge in [0.2, 0.25) is 0 Å². The van der Waals surface area contributed by atoms with Crippen molar-refractivity contribution in [1.29, 1.82) is 0 Å². The number of rotatable bonds is 6. The Bertz CT molecular complexity index is 410. The Morgan fingerprint density at radius 1 is 1.25 bits per heavy atom. The monoisotopic (exact) mass is 275 g/mol. The van der Waals surface area contributed by atoms with Crippen LogP contribution in [0.2, 0.25) is 0 Å². The lowest BCUT2D eigenvalue weighted by Crippen LogP contribution is -2.54. The van der Waals surface area contributed by atoms with Gasteiger partial charge < -0.3 is 5.73 Å². The van der Waals surface area contributed by atoms with E-state index >= 15 is 0 Å². The summed E-state index contributed by atoms with van der Waals surface area (Å²) >= 11 is 0. The summed E-state index contributed by atoms with van der Waals surface area (Å²) in [6.07, 6.45) is 11.6. The maximum Gasteiger partial charge on any atom is 0.0335 e. The van der Waals surface area contributed by atoms with E-state index in [0.717, 1.165) is 19.6 Å². The second-order valence-corrected chi connectivity index (χ2v) is 6.28. The van der Waals surface area contributed by atoms with Gasteiger partial charge in [0, 0.05) is 31.0 Å². The Labute approximate surface area is 123 Å². The molecule has 20 heavy (non-hydrogen) atoms. The van der Waals surface area contributed by atoms with Crippen molar-refractivity contribution in [2.24, 2.45) is 5.73 Å². The van der Waals surface area contributed by atoms with Gasteiger partial charge in [-0.2, -0.15) is 0 Å². The van der Waals surface area contributed by atoms with Crippen LogP contribution in [0.25, 0.3) is 0 Å². The summed E-state index contributed by atoms with van der Waals surface area (Å²) in [7, 11) is 0. The summed E-state index contributed by atoms with van der Waals surface area (Å²) < 4.78 is 0. The lowest BCUT2D eigenvalue weighted by Gasteiger charge is -2.46. The standard InChI is InChI=1S/C17H29N3/c1-3-9-20(13-16-10-15(2)11-19-12-16)17(14-18)7-5-4-6-8-17/h10-12H,3-9,13-14,18H2,1-2H3. The van der Waals surface area contributed by atoms with Crippen LogP contribution in [0.3, 0.4) is 0 Å². The molecule has 1 fully saturated rings. The average molecular weight is 275 g/mol. The predicted molar refractivity (Wildman–Crippen MR) is 84.5 cm³/mol. The molecule has 0 atom stereocenters. The van der Waals surface area contributed by atoms with Crippen molar-refractivity contribution in [1.82, 2.24) is 9.88 Å². The topological polar surface area (TPSA) is 42.2 Å². The zero-order chi connectivity index (χ0) is 14.4. The fourth-order valence-electron chi connectivity index (χ4n) is 3.54. The summed E-state index contributed by atoms with van der Waals surface area (Å²) in [6.45, 7) is 7.27. The van der Waals surface area contributed by atoms with E-state index in [0.29, 0.717) is 0 Å². The molecule has 0 unspecified atom stereocenters. The van der Waals surface area contributed by atoms with Gasteiger partial charge in [-0.25, -0.2) is 0 Å². The normalized spacial score (nSPS) is 18.4. The highest BCUT2D eigenvalue weighted by molar-refractivity contribution is 5.17. The van der Waals surface area contributed by atoms with E-state index in [9.17, 15) is 0 Å². The molecule has 1 aliphatic carbocycles. The van der Waals surface area contributed by atoms with Crippen molar-refractivity contribution in [3.8, 4) is 0 Å². The number of nitrogens with two attached hydrogens (primary N) is 1. The Morgan fingerprint density at radius 3 is 2.60 bits per heavy atom. The lowest BCUT2D eigenvalue weighted by atomic mass is 9.80. The van der Waals surface area contributed by atoms with Gasteiger partial charge in [0.05, 0.1) is 0 Å². The SMILES string of the molecule is CCCN(Cc1cncc(C)c1)C1(CN)CCCCC1. The van der Waals surface area contributed by atoms with Crippen molar-refractivity contribution < 1.29 is 0 Å². The highest BCUT2D eigenvalue weighted by Crippen LogP contribution is 2.34. The Morgan fingerprint density at radius 2 is 2.00 bits per heavy atom. The number of hydrogen-bond donors (Lipinski definition) is 1. The molecule has 0 spiro atoms. The van der Waals surface area contributed by atoms with Gasteiger partial charge in [0.1, 0.15) is 0 Å². The molecule has 1 aromatic heterocycles. The van der Waals surface area contributed by atoms with Gasteiger partial charge in [-0.1, -0.05) is 32.3 Å². The smallest absolute Gasteiger partial charge is 0.0335 e. The maximum absolute atomic E-state index is 6.20. The number of nitrogens with zero attached hydrogens (tertiary/aromatic N) is 2. The summed E-state index contributed by atoms with van der Waals surface area (Å²) in [4.78, 5) is 6.96. The third-order valence-electron chi connectivity index (χ3n) is 4.63. The van der Waals surface area contributed by atoms with E-state index in [2.05, 4.69) is 29.8 Å². The molecule has 3 heteroatoms. The summed E-state index contributed by atoms with van der Waals surface area (Å²) in [5.74, 6) is 0. The van der Waals surface area contributed by atoms with E-state index in [1.807, 2.05) is 12.4 Å². The fourth-order valence-corrected chi connectivity index (χ4v) is 3.54. The van der Waals surface area contributed by atoms with Gasteiger partial charge >= 0.3 is 0 Å². The van der Waals surface area contributed by atoms with Gasteiger partial charge in [0.25, 0.3) is 0 Å². The average Bonchev–Trinajstić information content (AvgIpc) is 2.47. The third kappa shape index (κ3) is 3.58. The first-order valence-corrected chi connectivity index (χ1v) is 8.06. The van der Waals surface area contributed by atoms with Crippen LogP contribution in [0.1, 0.15) is 56.6 Å². The molecule has 0 radical (unpaired) electrons. The van der Waals surface area contributed by atoms with Gasteiger partial charge in [-0.3, -0.25) is 9.88 Å². The van der Waals surface area contributed by atoms with E-state index < -0.39 is 0 Å². The van der Waals surface area contributed by atoms with E-state index in [1.165, 1.54) is 49.7 Å². The molecule has 0 amide bonds. The van der Waals surface area contributed by atoms with E-state index in [-0.39, 0.29) is 5.54 Å². The molecule has 0 bridgehead atoms. The Kier molecular flexibility index (Phi) is 5.55. The molecule has 3 nitrogen and oxygen atoms in total. The second-order valence-electron chi connectivity index (χ2n) is 6.28. The van der Waals surface area contributed by atoms with Crippen LogP contribution < -0.4 is 5.73 Å². The number of hydrogen-bond acceptors (Lipinski definition) is 3. The van der Waals surface area contributed by atoms with Crippen molar-refractivity contribution in [3.05, 3.63) is 29.6 Å². The molecule has 112 valence electrons. The molecular formula is C17H29N3. The first-order chi connectivity index (χ1) is 9.70. The second kappa shape index (κ2) is 7.19. The molecule has 1 aliphatic rings.